The summed E-state index contributed by atoms with van der Waals surface area (Å²) >= 11 is 0. The Hall–Kier alpha value is -3.36. The number of hydrogen-bond donors (Lipinski definition) is 2. The largest absolute Gasteiger partial charge is 0.455 e. The first kappa shape index (κ1) is 23.8. The van der Waals surface area contributed by atoms with Crippen LogP contribution in [0.5, 0.6) is 11.5 Å². The molecule has 7 nitrogen and oxygen atoms in total. The summed E-state index contributed by atoms with van der Waals surface area (Å²) in [5.74, 6) is 0.780. The number of rotatable bonds is 9. The molecular weight excluding hydrogens is 450 g/mol. The summed E-state index contributed by atoms with van der Waals surface area (Å²) in [5, 5.41) is 2.91. The van der Waals surface area contributed by atoms with Crippen molar-refractivity contribution in [3.63, 3.8) is 0 Å². The second-order valence-electron chi connectivity index (χ2n) is 8.20. The number of para-hydroxylation sites is 3. The average Bonchev–Trinajstić information content (AvgIpc) is 2.86. The second kappa shape index (κ2) is 11.2. The highest BCUT2D eigenvalue weighted by Crippen LogP contribution is 2.30. The summed E-state index contributed by atoms with van der Waals surface area (Å²) in [4.78, 5) is 14.9. The van der Waals surface area contributed by atoms with E-state index in [1.807, 2.05) is 18.2 Å². The minimum absolute atomic E-state index is 0.0619. The van der Waals surface area contributed by atoms with Crippen molar-refractivity contribution >= 4 is 21.6 Å². The molecule has 34 heavy (non-hydrogen) atoms. The Bertz CT molecular complexity index is 1190. The lowest BCUT2D eigenvalue weighted by Gasteiger charge is -2.26. The lowest BCUT2D eigenvalue weighted by atomic mass is 10.1. The van der Waals surface area contributed by atoms with Crippen LogP contribution in [-0.4, -0.2) is 45.4 Å². The first-order valence-corrected chi connectivity index (χ1v) is 12.9. The number of likely N-dealkylation sites (tertiary alicyclic amines) is 1. The number of sulfonamides is 1. The van der Waals surface area contributed by atoms with Crippen LogP contribution in [0.1, 0.15) is 29.6 Å². The van der Waals surface area contributed by atoms with Gasteiger partial charge in [-0.1, -0.05) is 36.8 Å². The first-order valence-electron chi connectivity index (χ1n) is 11.5. The van der Waals surface area contributed by atoms with Gasteiger partial charge in [0, 0.05) is 18.7 Å². The summed E-state index contributed by atoms with van der Waals surface area (Å²) in [6.45, 7) is 3.55. The van der Waals surface area contributed by atoms with Crippen molar-refractivity contribution in [2.45, 2.75) is 24.2 Å². The van der Waals surface area contributed by atoms with Crippen molar-refractivity contribution in [2.24, 2.45) is 0 Å². The molecule has 0 spiro atoms. The van der Waals surface area contributed by atoms with E-state index >= 15 is 0 Å². The third-order valence-corrected chi connectivity index (χ3v) is 7.07. The monoisotopic (exact) mass is 479 g/mol. The maximum Gasteiger partial charge on any atom is 0.262 e. The first-order chi connectivity index (χ1) is 16.5. The fraction of sp³-hybridized carbons (Fsp3) is 0.269. The highest BCUT2D eigenvalue weighted by atomic mass is 32.2. The van der Waals surface area contributed by atoms with Crippen LogP contribution in [0.2, 0.25) is 0 Å². The van der Waals surface area contributed by atoms with Crippen LogP contribution in [0.15, 0.2) is 83.8 Å². The maximum absolute atomic E-state index is 13.0. The molecule has 4 rings (SSSR count). The molecule has 0 aliphatic carbocycles. The number of ether oxygens (including phenoxy) is 1. The quantitative estimate of drug-likeness (QED) is 0.472. The Balaban J connectivity index is 1.38. The van der Waals surface area contributed by atoms with Gasteiger partial charge in [-0.05, 0) is 74.5 Å². The molecule has 1 aliphatic heterocycles. The number of hydrogen-bond acceptors (Lipinski definition) is 5. The molecule has 178 valence electrons. The molecule has 3 aromatic carbocycles. The van der Waals surface area contributed by atoms with Crippen LogP contribution in [-0.2, 0) is 10.0 Å². The standard InChI is InChI=1S/C26H29N3O4S/c30-26(27-17-20-29-18-7-2-8-19-29)21-13-15-23(16-14-21)34(31,32)28-24-11-5-6-12-25(24)33-22-9-3-1-4-10-22/h1,3-6,9-16,28H,2,7-8,17-20H2,(H,27,30). The number of nitrogens with one attached hydrogen (secondary N) is 2. The van der Waals surface area contributed by atoms with Crippen molar-refractivity contribution in [1.82, 2.24) is 10.2 Å². The van der Waals surface area contributed by atoms with Gasteiger partial charge in [0.25, 0.3) is 15.9 Å². The Morgan fingerprint density at radius 3 is 2.26 bits per heavy atom. The van der Waals surface area contributed by atoms with E-state index in [1.54, 1.807) is 36.4 Å². The summed E-state index contributed by atoms with van der Waals surface area (Å²) in [6.07, 6.45) is 3.69. The molecule has 1 aliphatic rings. The molecule has 1 heterocycles. The topological polar surface area (TPSA) is 87.7 Å². The molecule has 1 amide bonds. The van der Waals surface area contributed by atoms with E-state index in [2.05, 4.69) is 14.9 Å². The van der Waals surface area contributed by atoms with Crippen LogP contribution in [0.3, 0.4) is 0 Å². The van der Waals surface area contributed by atoms with Crippen LogP contribution < -0.4 is 14.8 Å². The lowest BCUT2D eigenvalue weighted by Crippen LogP contribution is -2.37. The molecule has 0 radical (unpaired) electrons. The number of nitrogens with zero attached hydrogens (tertiary/aromatic N) is 1. The second-order valence-corrected chi connectivity index (χ2v) is 9.88. The van der Waals surface area contributed by atoms with E-state index in [1.165, 1.54) is 43.5 Å². The number of carbonyl (C=O) groups is 1. The van der Waals surface area contributed by atoms with Crippen LogP contribution in [0, 0.1) is 0 Å². The normalized spacial score (nSPS) is 14.4. The Morgan fingerprint density at radius 1 is 0.853 bits per heavy atom. The summed E-state index contributed by atoms with van der Waals surface area (Å²) in [7, 11) is -3.87. The van der Waals surface area contributed by atoms with Gasteiger partial charge in [0.05, 0.1) is 10.6 Å². The number of carbonyl (C=O) groups excluding carboxylic acids is 1. The van der Waals surface area contributed by atoms with Gasteiger partial charge in [-0.25, -0.2) is 8.42 Å². The van der Waals surface area contributed by atoms with Crippen molar-refractivity contribution in [3.8, 4) is 11.5 Å². The maximum atomic E-state index is 13.0. The minimum Gasteiger partial charge on any atom is -0.455 e. The zero-order valence-electron chi connectivity index (χ0n) is 18.9. The van der Waals surface area contributed by atoms with E-state index in [0.717, 1.165) is 19.6 Å². The molecule has 0 unspecified atom stereocenters. The molecule has 1 fully saturated rings. The number of anilines is 1. The van der Waals surface area contributed by atoms with Crippen molar-refractivity contribution in [3.05, 3.63) is 84.4 Å². The van der Waals surface area contributed by atoms with Gasteiger partial charge in [-0.3, -0.25) is 9.52 Å². The number of amides is 1. The summed E-state index contributed by atoms with van der Waals surface area (Å²) in [6, 6.07) is 21.9. The molecule has 0 bridgehead atoms. The van der Waals surface area contributed by atoms with Gasteiger partial charge in [0.1, 0.15) is 5.75 Å². The zero-order valence-corrected chi connectivity index (χ0v) is 19.8. The molecular formula is C26H29N3O4S. The molecule has 8 heteroatoms. The van der Waals surface area contributed by atoms with Crippen LogP contribution in [0.25, 0.3) is 0 Å². The Kier molecular flexibility index (Phi) is 7.82. The van der Waals surface area contributed by atoms with Crippen LogP contribution in [0.4, 0.5) is 5.69 Å². The number of piperidine rings is 1. The zero-order chi connectivity index (χ0) is 23.8. The SMILES string of the molecule is O=C(NCCN1CCCCC1)c1ccc(S(=O)(=O)Nc2ccccc2Oc2ccccc2)cc1. The predicted molar refractivity (Wildman–Crippen MR) is 133 cm³/mol. The Morgan fingerprint density at radius 2 is 1.53 bits per heavy atom. The molecule has 0 saturated carbocycles. The van der Waals surface area contributed by atoms with Gasteiger partial charge < -0.3 is 15.0 Å². The lowest BCUT2D eigenvalue weighted by molar-refractivity contribution is 0.0946. The number of benzene rings is 3. The fourth-order valence-electron chi connectivity index (χ4n) is 3.86. The molecule has 0 atom stereocenters. The van der Waals surface area contributed by atoms with Gasteiger partial charge in [0.15, 0.2) is 5.75 Å². The van der Waals surface area contributed by atoms with E-state index in [-0.39, 0.29) is 10.8 Å². The van der Waals surface area contributed by atoms with E-state index in [9.17, 15) is 13.2 Å². The average molecular weight is 480 g/mol. The van der Waals surface area contributed by atoms with Gasteiger partial charge in [-0.2, -0.15) is 0 Å². The third kappa shape index (κ3) is 6.36. The molecule has 3 aromatic rings. The highest BCUT2D eigenvalue weighted by Gasteiger charge is 2.18. The van der Waals surface area contributed by atoms with Gasteiger partial charge in [-0.15, -0.1) is 0 Å². The van der Waals surface area contributed by atoms with Crippen molar-refractivity contribution < 1.29 is 17.9 Å². The molecule has 0 aromatic heterocycles. The van der Waals surface area contributed by atoms with Crippen molar-refractivity contribution in [1.29, 1.82) is 0 Å². The predicted octanol–water partition coefficient (Wildman–Crippen LogP) is 4.50. The molecule has 2 N–H and O–H groups in total. The van der Waals surface area contributed by atoms with E-state index < -0.39 is 10.0 Å². The Labute approximate surface area is 200 Å². The van der Waals surface area contributed by atoms with Gasteiger partial charge >= 0.3 is 0 Å². The van der Waals surface area contributed by atoms with Crippen LogP contribution >= 0.6 is 0 Å². The van der Waals surface area contributed by atoms with E-state index in [4.69, 9.17) is 4.74 Å². The highest BCUT2D eigenvalue weighted by molar-refractivity contribution is 7.92. The fourth-order valence-corrected chi connectivity index (χ4v) is 4.93. The summed E-state index contributed by atoms with van der Waals surface area (Å²) in [5.41, 5.74) is 0.747. The van der Waals surface area contributed by atoms with Crippen molar-refractivity contribution in [2.75, 3.05) is 30.9 Å². The minimum atomic E-state index is -3.87. The van der Waals surface area contributed by atoms with Gasteiger partial charge in [0.2, 0.25) is 0 Å². The molecule has 1 saturated heterocycles. The third-order valence-electron chi connectivity index (χ3n) is 5.69. The van der Waals surface area contributed by atoms with E-state index in [0.29, 0.717) is 29.3 Å². The summed E-state index contributed by atoms with van der Waals surface area (Å²) < 4.78 is 34.3. The smallest absolute Gasteiger partial charge is 0.262 e.